The van der Waals surface area contributed by atoms with Crippen molar-refractivity contribution in [2.45, 2.75) is 59.2 Å². The molecular weight excluding hydrogens is 474 g/mol. The van der Waals surface area contributed by atoms with Gasteiger partial charge in [-0.3, -0.25) is 13.9 Å². The lowest BCUT2D eigenvalue weighted by Crippen LogP contribution is -2.52. The van der Waals surface area contributed by atoms with Crippen LogP contribution in [0.4, 0.5) is 5.69 Å². The summed E-state index contributed by atoms with van der Waals surface area (Å²) in [5, 5.41) is 3.36. The molecule has 0 saturated heterocycles. The summed E-state index contributed by atoms with van der Waals surface area (Å²) in [5.74, 6) is -0.808. The second kappa shape index (κ2) is 12.2. The summed E-state index contributed by atoms with van der Waals surface area (Å²) in [4.78, 5) is 27.9. The van der Waals surface area contributed by atoms with Crippen LogP contribution in [0.3, 0.4) is 0 Å². The molecule has 0 spiro atoms. The lowest BCUT2D eigenvalue weighted by molar-refractivity contribution is -0.139. The van der Waals surface area contributed by atoms with E-state index in [0.29, 0.717) is 22.7 Å². The number of hydrogen-bond acceptors (Lipinski definition) is 4. The van der Waals surface area contributed by atoms with Crippen LogP contribution in [0.1, 0.15) is 45.2 Å². The van der Waals surface area contributed by atoms with Crippen molar-refractivity contribution in [2.24, 2.45) is 0 Å². The molecule has 0 aromatic heterocycles. The second-order valence-electron chi connectivity index (χ2n) is 8.36. The lowest BCUT2D eigenvalue weighted by Gasteiger charge is -2.32. The molecule has 0 aliphatic rings. The Kier molecular flexibility index (Phi) is 9.94. The number of aryl methyl sites for hydroxylation is 1. The molecule has 2 atom stereocenters. The molecule has 1 N–H and O–H groups in total. The maximum Gasteiger partial charge on any atom is 0.244 e. The maximum absolute atomic E-state index is 13.6. The Morgan fingerprint density at radius 2 is 1.59 bits per heavy atom. The largest absolute Gasteiger partial charge is 0.352 e. The summed E-state index contributed by atoms with van der Waals surface area (Å²) in [6, 6.07) is 13.3. The van der Waals surface area contributed by atoms with Crippen molar-refractivity contribution in [2.75, 3.05) is 17.1 Å². The van der Waals surface area contributed by atoms with E-state index in [1.54, 1.807) is 43.3 Å². The molecule has 2 amide bonds. The second-order valence-corrected chi connectivity index (χ2v) is 10.7. The Morgan fingerprint density at radius 1 is 1.00 bits per heavy atom. The van der Waals surface area contributed by atoms with Gasteiger partial charge < -0.3 is 10.2 Å². The first-order valence-electron chi connectivity index (χ1n) is 11.4. The Labute approximate surface area is 208 Å². The summed E-state index contributed by atoms with van der Waals surface area (Å²) in [5.41, 5.74) is 1.93. The third-order valence-electron chi connectivity index (χ3n) is 5.79. The Bertz CT molecular complexity index is 1110. The van der Waals surface area contributed by atoms with E-state index in [0.717, 1.165) is 22.5 Å². The van der Waals surface area contributed by atoms with Gasteiger partial charge in [-0.05, 0) is 49.9 Å². The smallest absolute Gasteiger partial charge is 0.244 e. The van der Waals surface area contributed by atoms with Crippen LogP contribution in [-0.4, -0.2) is 50.0 Å². The van der Waals surface area contributed by atoms with Crippen molar-refractivity contribution in [1.82, 2.24) is 10.2 Å². The number of para-hydroxylation sites is 1. The van der Waals surface area contributed by atoms with Crippen LogP contribution in [0.15, 0.2) is 48.5 Å². The number of anilines is 1. The Hall–Kier alpha value is -2.58. The van der Waals surface area contributed by atoms with Crippen molar-refractivity contribution in [3.8, 4) is 0 Å². The predicted molar refractivity (Wildman–Crippen MR) is 137 cm³/mol. The number of nitrogens with zero attached hydrogens (tertiary/aromatic N) is 2. The first-order valence-corrected chi connectivity index (χ1v) is 13.6. The maximum atomic E-state index is 13.6. The van der Waals surface area contributed by atoms with Crippen molar-refractivity contribution in [3.05, 3.63) is 64.7 Å². The molecule has 0 fully saturated rings. The van der Waals surface area contributed by atoms with E-state index in [9.17, 15) is 18.0 Å². The van der Waals surface area contributed by atoms with Crippen molar-refractivity contribution < 1.29 is 18.0 Å². The fourth-order valence-electron chi connectivity index (χ4n) is 3.51. The number of amides is 2. The van der Waals surface area contributed by atoms with Gasteiger partial charge in [0.1, 0.15) is 12.6 Å². The van der Waals surface area contributed by atoms with Crippen molar-refractivity contribution in [3.63, 3.8) is 0 Å². The number of carbonyl (C=O) groups excluding carboxylic acids is 2. The lowest BCUT2D eigenvalue weighted by atomic mass is 10.1. The molecule has 9 heteroatoms. The van der Waals surface area contributed by atoms with E-state index >= 15 is 0 Å². The minimum absolute atomic E-state index is 0.0591. The molecule has 2 aromatic carbocycles. The van der Waals surface area contributed by atoms with Crippen LogP contribution in [0.5, 0.6) is 0 Å². The average molecular weight is 508 g/mol. The summed E-state index contributed by atoms with van der Waals surface area (Å²) >= 11 is 6.33. The van der Waals surface area contributed by atoms with E-state index < -0.39 is 28.5 Å². The number of sulfonamides is 1. The van der Waals surface area contributed by atoms with Crippen LogP contribution in [0.25, 0.3) is 0 Å². The molecule has 2 aromatic rings. The molecule has 0 unspecified atom stereocenters. The van der Waals surface area contributed by atoms with Gasteiger partial charge >= 0.3 is 0 Å². The molecule has 0 aliphatic carbocycles. The molecule has 7 nitrogen and oxygen atoms in total. The average Bonchev–Trinajstić information content (AvgIpc) is 2.80. The number of benzene rings is 2. The first-order chi connectivity index (χ1) is 16.0. The van der Waals surface area contributed by atoms with E-state index in [-0.39, 0.29) is 18.5 Å². The van der Waals surface area contributed by atoms with Gasteiger partial charge in [0.2, 0.25) is 21.8 Å². The molecule has 2 rings (SSSR count). The normalized spacial score (nSPS) is 13.1. The van der Waals surface area contributed by atoms with Gasteiger partial charge in [-0.2, -0.15) is 0 Å². The number of hydrogen-bond donors (Lipinski definition) is 1. The Morgan fingerprint density at radius 3 is 2.15 bits per heavy atom. The molecule has 0 saturated carbocycles. The van der Waals surface area contributed by atoms with Gasteiger partial charge in [0.25, 0.3) is 0 Å². The molecule has 0 heterocycles. The van der Waals surface area contributed by atoms with E-state index in [4.69, 9.17) is 11.6 Å². The van der Waals surface area contributed by atoms with Gasteiger partial charge in [-0.15, -0.1) is 0 Å². The third kappa shape index (κ3) is 7.21. The highest BCUT2D eigenvalue weighted by Gasteiger charge is 2.31. The number of nitrogens with one attached hydrogen (secondary N) is 1. The molecule has 0 aliphatic heterocycles. The monoisotopic (exact) mass is 507 g/mol. The van der Waals surface area contributed by atoms with E-state index in [1.807, 2.05) is 32.9 Å². The fraction of sp³-hybridized carbons (Fsp3) is 0.440. The highest BCUT2D eigenvalue weighted by molar-refractivity contribution is 7.92. The minimum Gasteiger partial charge on any atom is -0.352 e. The zero-order valence-electron chi connectivity index (χ0n) is 20.4. The zero-order chi connectivity index (χ0) is 25.5. The number of halogens is 1. The zero-order valence-corrected chi connectivity index (χ0v) is 22.0. The summed E-state index contributed by atoms with van der Waals surface area (Å²) in [6.45, 7) is 7.04. The van der Waals surface area contributed by atoms with E-state index in [1.165, 1.54) is 4.90 Å². The van der Waals surface area contributed by atoms with E-state index in [2.05, 4.69) is 5.32 Å². The summed E-state index contributed by atoms with van der Waals surface area (Å²) < 4.78 is 26.5. The third-order valence-corrected chi connectivity index (χ3v) is 7.28. The van der Waals surface area contributed by atoms with Gasteiger partial charge in [-0.25, -0.2) is 8.42 Å². The molecular formula is C25H34ClN3O4S. The standard InChI is InChI=1S/C25H34ClN3O4S/c1-6-18(3)27-25(31)19(4)28(16-21-13-8-10-14-22(21)26)24(30)17-29(34(5,32)33)23-15-11-9-12-20(23)7-2/h8-15,18-19H,6-7,16-17H2,1-5H3,(H,27,31)/t18-,19-/m0/s1. The van der Waals surface area contributed by atoms with Crippen LogP contribution >= 0.6 is 11.6 Å². The Balaban J connectivity index is 2.44. The highest BCUT2D eigenvalue weighted by Crippen LogP contribution is 2.25. The van der Waals surface area contributed by atoms with Gasteiger partial charge in [0, 0.05) is 17.6 Å². The predicted octanol–water partition coefficient (Wildman–Crippen LogP) is 4.00. The van der Waals surface area contributed by atoms with Crippen LogP contribution in [0.2, 0.25) is 5.02 Å². The quantitative estimate of drug-likeness (QED) is 0.498. The van der Waals surface area contributed by atoms with Gasteiger partial charge in [0.05, 0.1) is 11.9 Å². The van der Waals surface area contributed by atoms with Crippen LogP contribution in [0, 0.1) is 0 Å². The first kappa shape index (κ1) is 27.7. The molecule has 186 valence electrons. The SMILES string of the molecule is CCc1ccccc1N(CC(=O)N(Cc1ccccc1Cl)[C@@H](C)C(=O)N[C@@H](C)CC)S(C)(=O)=O. The van der Waals surface area contributed by atoms with Crippen LogP contribution in [-0.2, 0) is 32.6 Å². The summed E-state index contributed by atoms with van der Waals surface area (Å²) in [7, 11) is -3.77. The topological polar surface area (TPSA) is 86.8 Å². The van der Waals surface area contributed by atoms with Crippen molar-refractivity contribution in [1.29, 1.82) is 0 Å². The van der Waals surface area contributed by atoms with Gasteiger partial charge in [0.15, 0.2) is 0 Å². The molecule has 0 bridgehead atoms. The fourth-order valence-corrected chi connectivity index (χ4v) is 4.58. The number of rotatable bonds is 11. The van der Waals surface area contributed by atoms with Gasteiger partial charge in [-0.1, -0.05) is 61.8 Å². The highest BCUT2D eigenvalue weighted by atomic mass is 35.5. The number of carbonyl (C=O) groups is 2. The molecule has 34 heavy (non-hydrogen) atoms. The van der Waals surface area contributed by atoms with Crippen molar-refractivity contribution >= 4 is 39.1 Å². The minimum atomic E-state index is -3.77. The summed E-state index contributed by atoms with van der Waals surface area (Å²) in [6.07, 6.45) is 2.42. The van der Waals surface area contributed by atoms with Crippen LogP contribution < -0.4 is 9.62 Å². The molecule has 0 radical (unpaired) electrons.